The molecule has 2 heterocycles. The van der Waals surface area contributed by atoms with Crippen LogP contribution in [-0.2, 0) is 17.7 Å². The summed E-state index contributed by atoms with van der Waals surface area (Å²) in [5.41, 5.74) is 4.89. The Labute approximate surface area is 135 Å². The summed E-state index contributed by atoms with van der Waals surface area (Å²) in [6.45, 7) is 5.20. The standard InChI is InChI=1S/C17H22N2O2S/c1-14-2-4-15(5-3-14)8-17(12-20)11-19(6-7-21-17)9-16-10-22-13-18-16/h2-5,10,13,20H,6-9,11-12H2,1H3. The Hall–Kier alpha value is -1.27. The number of aliphatic hydroxyl groups excluding tert-OH is 1. The van der Waals surface area contributed by atoms with E-state index < -0.39 is 5.60 Å². The van der Waals surface area contributed by atoms with Gasteiger partial charge in [0.2, 0.25) is 0 Å². The van der Waals surface area contributed by atoms with Gasteiger partial charge < -0.3 is 9.84 Å². The average molecular weight is 318 g/mol. The second-order valence-corrected chi connectivity index (χ2v) is 6.76. The lowest BCUT2D eigenvalue weighted by atomic mass is 9.92. The van der Waals surface area contributed by atoms with E-state index in [1.54, 1.807) is 11.3 Å². The molecular weight excluding hydrogens is 296 g/mol. The summed E-state index contributed by atoms with van der Waals surface area (Å²) in [4.78, 5) is 6.67. The fourth-order valence-corrected chi connectivity index (χ4v) is 3.49. The first kappa shape index (κ1) is 15.6. The van der Waals surface area contributed by atoms with Crippen molar-refractivity contribution in [1.82, 2.24) is 9.88 Å². The van der Waals surface area contributed by atoms with Crippen LogP contribution in [0.4, 0.5) is 0 Å². The number of hydrogen-bond donors (Lipinski definition) is 1. The number of aliphatic hydroxyl groups is 1. The Bertz CT molecular complexity index is 585. The maximum absolute atomic E-state index is 9.94. The summed E-state index contributed by atoms with van der Waals surface area (Å²) in [7, 11) is 0. The summed E-state index contributed by atoms with van der Waals surface area (Å²) in [6.07, 6.45) is 0.733. The molecular formula is C17H22N2O2S. The highest BCUT2D eigenvalue weighted by Crippen LogP contribution is 2.24. The van der Waals surface area contributed by atoms with Crippen LogP contribution >= 0.6 is 11.3 Å². The van der Waals surface area contributed by atoms with Crippen LogP contribution in [0.2, 0.25) is 0 Å². The molecule has 1 saturated heterocycles. The molecule has 1 atom stereocenters. The van der Waals surface area contributed by atoms with Crippen LogP contribution in [-0.4, -0.2) is 46.9 Å². The van der Waals surface area contributed by atoms with Gasteiger partial charge in [0.25, 0.3) is 0 Å². The number of ether oxygens (including phenoxy) is 1. The van der Waals surface area contributed by atoms with E-state index in [1.807, 2.05) is 5.51 Å². The molecule has 1 aromatic carbocycles. The molecule has 0 spiro atoms. The molecule has 1 N–H and O–H groups in total. The highest BCUT2D eigenvalue weighted by Gasteiger charge is 2.36. The fourth-order valence-electron chi connectivity index (χ4n) is 2.94. The first-order valence-electron chi connectivity index (χ1n) is 7.59. The van der Waals surface area contributed by atoms with Crippen molar-refractivity contribution in [2.75, 3.05) is 26.3 Å². The Morgan fingerprint density at radius 2 is 2.18 bits per heavy atom. The molecule has 0 saturated carbocycles. The predicted octanol–water partition coefficient (Wildman–Crippen LogP) is 2.26. The molecule has 1 aromatic heterocycles. The zero-order chi connectivity index (χ0) is 15.4. The van der Waals surface area contributed by atoms with Crippen LogP contribution in [0, 0.1) is 6.92 Å². The molecule has 118 valence electrons. The minimum absolute atomic E-state index is 0.0362. The monoisotopic (exact) mass is 318 g/mol. The van der Waals surface area contributed by atoms with Crippen LogP contribution in [0.3, 0.4) is 0 Å². The van der Waals surface area contributed by atoms with Crippen molar-refractivity contribution >= 4 is 11.3 Å². The van der Waals surface area contributed by atoms with E-state index in [1.165, 1.54) is 11.1 Å². The third-order valence-corrected chi connectivity index (χ3v) is 4.77. The maximum Gasteiger partial charge on any atom is 0.108 e. The van der Waals surface area contributed by atoms with E-state index in [0.717, 1.165) is 31.7 Å². The van der Waals surface area contributed by atoms with Gasteiger partial charge in [-0.25, -0.2) is 4.98 Å². The molecule has 5 heteroatoms. The lowest BCUT2D eigenvalue weighted by molar-refractivity contribution is -0.134. The van der Waals surface area contributed by atoms with Gasteiger partial charge in [0, 0.05) is 31.4 Å². The predicted molar refractivity (Wildman–Crippen MR) is 88.0 cm³/mol. The first-order chi connectivity index (χ1) is 10.7. The maximum atomic E-state index is 9.94. The Balaban J connectivity index is 1.69. The van der Waals surface area contributed by atoms with E-state index in [2.05, 4.69) is 46.5 Å². The zero-order valence-electron chi connectivity index (χ0n) is 12.9. The van der Waals surface area contributed by atoms with Crippen molar-refractivity contribution in [2.45, 2.75) is 25.5 Å². The van der Waals surface area contributed by atoms with Gasteiger partial charge in [-0.05, 0) is 12.5 Å². The van der Waals surface area contributed by atoms with Crippen molar-refractivity contribution in [1.29, 1.82) is 0 Å². The number of aromatic nitrogens is 1. The summed E-state index contributed by atoms with van der Waals surface area (Å²) < 4.78 is 5.99. The van der Waals surface area contributed by atoms with Crippen LogP contribution in [0.1, 0.15) is 16.8 Å². The second kappa shape index (κ2) is 6.87. The van der Waals surface area contributed by atoms with Crippen molar-refractivity contribution in [2.24, 2.45) is 0 Å². The Morgan fingerprint density at radius 1 is 1.36 bits per heavy atom. The lowest BCUT2D eigenvalue weighted by Gasteiger charge is -2.41. The van der Waals surface area contributed by atoms with Crippen molar-refractivity contribution in [3.8, 4) is 0 Å². The summed E-state index contributed by atoms with van der Waals surface area (Å²) >= 11 is 1.62. The SMILES string of the molecule is Cc1ccc(CC2(CO)CN(Cc3cscn3)CCO2)cc1. The van der Waals surface area contributed by atoms with Gasteiger partial charge in [-0.3, -0.25) is 4.90 Å². The molecule has 2 aromatic rings. The van der Waals surface area contributed by atoms with Gasteiger partial charge in [-0.15, -0.1) is 11.3 Å². The average Bonchev–Trinajstić information content (AvgIpc) is 3.03. The van der Waals surface area contributed by atoms with Gasteiger partial charge in [0.05, 0.1) is 24.4 Å². The Kier molecular flexibility index (Phi) is 4.88. The smallest absolute Gasteiger partial charge is 0.108 e. The normalized spacial score (nSPS) is 22.8. The summed E-state index contributed by atoms with van der Waals surface area (Å²) in [5, 5.41) is 12.0. The van der Waals surface area contributed by atoms with Crippen LogP contribution in [0.25, 0.3) is 0 Å². The van der Waals surface area contributed by atoms with Crippen LogP contribution in [0.15, 0.2) is 35.2 Å². The summed E-state index contributed by atoms with van der Waals surface area (Å²) in [5.74, 6) is 0. The van der Waals surface area contributed by atoms with Crippen LogP contribution < -0.4 is 0 Å². The molecule has 0 radical (unpaired) electrons. The third-order valence-electron chi connectivity index (χ3n) is 4.13. The number of benzene rings is 1. The molecule has 1 aliphatic rings. The van der Waals surface area contributed by atoms with Crippen molar-refractivity contribution in [3.63, 3.8) is 0 Å². The number of morpholine rings is 1. The molecule has 4 nitrogen and oxygen atoms in total. The van der Waals surface area contributed by atoms with Gasteiger partial charge in [0.1, 0.15) is 5.60 Å². The van der Waals surface area contributed by atoms with E-state index in [9.17, 15) is 5.11 Å². The van der Waals surface area contributed by atoms with Gasteiger partial charge in [0.15, 0.2) is 0 Å². The molecule has 1 fully saturated rings. The molecule has 1 aliphatic heterocycles. The molecule has 3 rings (SSSR count). The topological polar surface area (TPSA) is 45.6 Å². The molecule has 1 unspecified atom stereocenters. The fraction of sp³-hybridized carbons (Fsp3) is 0.471. The first-order valence-corrected chi connectivity index (χ1v) is 8.53. The number of hydrogen-bond acceptors (Lipinski definition) is 5. The second-order valence-electron chi connectivity index (χ2n) is 6.04. The highest BCUT2D eigenvalue weighted by molar-refractivity contribution is 7.07. The number of nitrogens with zero attached hydrogens (tertiary/aromatic N) is 2. The van der Waals surface area contributed by atoms with E-state index in [4.69, 9.17) is 4.74 Å². The molecule has 0 amide bonds. The molecule has 0 bridgehead atoms. The number of thiazole rings is 1. The molecule has 22 heavy (non-hydrogen) atoms. The van der Waals surface area contributed by atoms with Gasteiger partial charge in [-0.2, -0.15) is 0 Å². The van der Waals surface area contributed by atoms with Crippen LogP contribution in [0.5, 0.6) is 0 Å². The largest absolute Gasteiger partial charge is 0.393 e. The highest BCUT2D eigenvalue weighted by atomic mass is 32.1. The minimum atomic E-state index is -0.510. The zero-order valence-corrected chi connectivity index (χ0v) is 13.7. The molecule has 0 aliphatic carbocycles. The summed E-state index contributed by atoms with van der Waals surface area (Å²) in [6, 6.07) is 8.46. The Morgan fingerprint density at radius 3 is 2.86 bits per heavy atom. The van der Waals surface area contributed by atoms with E-state index in [-0.39, 0.29) is 6.61 Å². The van der Waals surface area contributed by atoms with E-state index >= 15 is 0 Å². The number of aryl methyl sites for hydroxylation is 1. The quantitative estimate of drug-likeness (QED) is 0.918. The van der Waals surface area contributed by atoms with Crippen molar-refractivity contribution in [3.05, 3.63) is 52.0 Å². The van der Waals surface area contributed by atoms with E-state index in [0.29, 0.717) is 6.61 Å². The van der Waals surface area contributed by atoms with Crippen molar-refractivity contribution < 1.29 is 9.84 Å². The van der Waals surface area contributed by atoms with Gasteiger partial charge in [-0.1, -0.05) is 29.8 Å². The van der Waals surface area contributed by atoms with Gasteiger partial charge >= 0.3 is 0 Å². The minimum Gasteiger partial charge on any atom is -0.393 e. The third kappa shape index (κ3) is 3.73. The lowest BCUT2D eigenvalue weighted by Crippen LogP contribution is -2.55. The number of rotatable bonds is 5.